The second-order valence-electron chi connectivity index (χ2n) is 3.21. The van der Waals surface area contributed by atoms with Gasteiger partial charge in [-0.1, -0.05) is 0 Å². The summed E-state index contributed by atoms with van der Waals surface area (Å²) in [6.07, 6.45) is -0.910. The van der Waals surface area contributed by atoms with Crippen LogP contribution in [0.2, 0.25) is 0 Å². The number of ether oxygens (including phenoxy) is 1. The van der Waals surface area contributed by atoms with Crippen molar-refractivity contribution in [1.29, 1.82) is 0 Å². The summed E-state index contributed by atoms with van der Waals surface area (Å²) in [5.74, 6) is 0. The maximum absolute atomic E-state index is 12.3. The standard InChI is InChI=1S/C8H15F2NO/c1-5-3-4-6(12-5)7(11-2)8(9)10/h5-8,11H,3-4H2,1-2H3. The zero-order valence-corrected chi connectivity index (χ0v) is 7.39. The molecular weight excluding hydrogens is 164 g/mol. The summed E-state index contributed by atoms with van der Waals surface area (Å²) in [4.78, 5) is 0. The van der Waals surface area contributed by atoms with Gasteiger partial charge in [0.1, 0.15) is 0 Å². The van der Waals surface area contributed by atoms with E-state index in [1.165, 1.54) is 0 Å². The molecule has 1 saturated heterocycles. The Morgan fingerprint density at radius 1 is 1.42 bits per heavy atom. The number of nitrogens with one attached hydrogen (secondary N) is 1. The highest BCUT2D eigenvalue weighted by Gasteiger charge is 2.33. The third-order valence-electron chi connectivity index (χ3n) is 2.27. The van der Waals surface area contributed by atoms with Gasteiger partial charge in [0.25, 0.3) is 6.43 Å². The van der Waals surface area contributed by atoms with Gasteiger partial charge in [0, 0.05) is 0 Å². The lowest BCUT2D eigenvalue weighted by molar-refractivity contribution is -0.0182. The minimum absolute atomic E-state index is 0.129. The maximum atomic E-state index is 12.3. The molecule has 72 valence electrons. The van der Waals surface area contributed by atoms with E-state index in [9.17, 15) is 8.78 Å². The molecule has 4 heteroatoms. The van der Waals surface area contributed by atoms with Crippen molar-refractivity contribution in [3.8, 4) is 0 Å². The van der Waals surface area contributed by atoms with Gasteiger partial charge in [-0.05, 0) is 26.8 Å². The van der Waals surface area contributed by atoms with E-state index < -0.39 is 12.5 Å². The Morgan fingerprint density at radius 2 is 2.08 bits per heavy atom. The van der Waals surface area contributed by atoms with E-state index in [4.69, 9.17) is 4.74 Å². The fraction of sp³-hybridized carbons (Fsp3) is 1.00. The Kier molecular flexibility index (Phi) is 3.40. The van der Waals surface area contributed by atoms with Crippen LogP contribution in [-0.2, 0) is 4.74 Å². The molecule has 1 aliphatic rings. The first-order chi connectivity index (χ1) is 5.65. The highest BCUT2D eigenvalue weighted by Crippen LogP contribution is 2.24. The average molecular weight is 179 g/mol. The molecule has 1 aliphatic heterocycles. The molecule has 2 nitrogen and oxygen atoms in total. The predicted molar refractivity (Wildman–Crippen MR) is 42.4 cm³/mol. The maximum Gasteiger partial charge on any atom is 0.256 e. The molecule has 0 spiro atoms. The highest BCUT2D eigenvalue weighted by molar-refractivity contribution is 4.83. The van der Waals surface area contributed by atoms with E-state index in [-0.39, 0.29) is 12.2 Å². The number of halogens is 2. The monoisotopic (exact) mass is 179 g/mol. The van der Waals surface area contributed by atoms with Gasteiger partial charge in [0.2, 0.25) is 0 Å². The predicted octanol–water partition coefficient (Wildman–Crippen LogP) is 1.41. The van der Waals surface area contributed by atoms with Gasteiger partial charge in [-0.3, -0.25) is 0 Å². The van der Waals surface area contributed by atoms with E-state index in [0.717, 1.165) is 12.8 Å². The molecule has 0 aromatic carbocycles. The quantitative estimate of drug-likeness (QED) is 0.707. The molecule has 0 aromatic heterocycles. The van der Waals surface area contributed by atoms with Crippen molar-refractivity contribution < 1.29 is 13.5 Å². The lowest BCUT2D eigenvalue weighted by Gasteiger charge is -2.21. The SMILES string of the molecule is CNC(C(F)F)C1CCC(C)O1. The Hall–Kier alpha value is -0.220. The van der Waals surface area contributed by atoms with Crippen LogP contribution >= 0.6 is 0 Å². The Balaban J connectivity index is 2.44. The third-order valence-corrected chi connectivity index (χ3v) is 2.27. The molecular formula is C8H15F2NO. The van der Waals surface area contributed by atoms with Crippen LogP contribution in [0.1, 0.15) is 19.8 Å². The Morgan fingerprint density at radius 3 is 2.42 bits per heavy atom. The number of hydrogen-bond acceptors (Lipinski definition) is 2. The van der Waals surface area contributed by atoms with Crippen molar-refractivity contribution in [3.63, 3.8) is 0 Å². The molecule has 1 rings (SSSR count). The van der Waals surface area contributed by atoms with Crippen molar-refractivity contribution in [1.82, 2.24) is 5.32 Å². The summed E-state index contributed by atoms with van der Waals surface area (Å²) in [6, 6.07) is -0.810. The molecule has 1 heterocycles. The molecule has 0 aromatic rings. The van der Waals surface area contributed by atoms with E-state index in [1.807, 2.05) is 6.92 Å². The summed E-state index contributed by atoms with van der Waals surface area (Å²) in [7, 11) is 1.54. The first-order valence-corrected chi connectivity index (χ1v) is 4.26. The third kappa shape index (κ3) is 2.14. The van der Waals surface area contributed by atoms with Crippen molar-refractivity contribution in [2.45, 2.75) is 44.4 Å². The molecule has 0 aliphatic carbocycles. The molecule has 0 radical (unpaired) electrons. The number of rotatable bonds is 3. The van der Waals surface area contributed by atoms with E-state index >= 15 is 0 Å². The first-order valence-electron chi connectivity index (χ1n) is 4.26. The van der Waals surface area contributed by atoms with Crippen molar-refractivity contribution in [3.05, 3.63) is 0 Å². The largest absolute Gasteiger partial charge is 0.373 e. The summed E-state index contributed by atoms with van der Waals surface area (Å²) in [5, 5.41) is 2.59. The minimum atomic E-state index is -2.34. The second kappa shape index (κ2) is 4.14. The van der Waals surface area contributed by atoms with Gasteiger partial charge in [-0.2, -0.15) is 0 Å². The molecule has 1 N–H and O–H groups in total. The fourth-order valence-corrected chi connectivity index (χ4v) is 1.57. The topological polar surface area (TPSA) is 21.3 Å². The van der Waals surface area contributed by atoms with Crippen LogP contribution in [0, 0.1) is 0 Å². The van der Waals surface area contributed by atoms with Crippen molar-refractivity contribution >= 4 is 0 Å². The Labute approximate surface area is 71.3 Å². The lowest BCUT2D eigenvalue weighted by Crippen LogP contribution is -2.43. The summed E-state index contributed by atoms with van der Waals surface area (Å²) >= 11 is 0. The zero-order valence-electron chi connectivity index (χ0n) is 7.39. The molecule has 0 amide bonds. The van der Waals surface area contributed by atoms with E-state index in [2.05, 4.69) is 5.32 Å². The van der Waals surface area contributed by atoms with Crippen molar-refractivity contribution in [2.75, 3.05) is 7.05 Å². The molecule has 0 bridgehead atoms. The molecule has 12 heavy (non-hydrogen) atoms. The smallest absolute Gasteiger partial charge is 0.256 e. The molecule has 3 unspecified atom stereocenters. The number of likely N-dealkylation sites (N-methyl/N-ethyl adjacent to an activating group) is 1. The average Bonchev–Trinajstić information content (AvgIpc) is 2.37. The second-order valence-corrected chi connectivity index (χ2v) is 3.21. The zero-order chi connectivity index (χ0) is 9.14. The summed E-state index contributed by atoms with van der Waals surface area (Å²) in [6.45, 7) is 1.91. The highest BCUT2D eigenvalue weighted by atomic mass is 19.3. The molecule has 3 atom stereocenters. The van der Waals surface area contributed by atoms with Crippen LogP contribution in [0.5, 0.6) is 0 Å². The molecule has 0 saturated carbocycles. The van der Waals surface area contributed by atoms with Gasteiger partial charge >= 0.3 is 0 Å². The van der Waals surface area contributed by atoms with E-state index in [1.54, 1.807) is 7.05 Å². The summed E-state index contributed by atoms with van der Waals surface area (Å²) < 4.78 is 30.0. The fourth-order valence-electron chi connectivity index (χ4n) is 1.57. The van der Waals surface area contributed by atoms with Crippen LogP contribution in [0.3, 0.4) is 0 Å². The minimum Gasteiger partial charge on any atom is -0.373 e. The van der Waals surface area contributed by atoms with Gasteiger partial charge in [0.05, 0.1) is 18.2 Å². The van der Waals surface area contributed by atoms with Crippen LogP contribution in [-0.4, -0.2) is 31.7 Å². The summed E-state index contributed by atoms with van der Waals surface area (Å²) in [5.41, 5.74) is 0. The van der Waals surface area contributed by atoms with Crippen LogP contribution in [0.25, 0.3) is 0 Å². The van der Waals surface area contributed by atoms with E-state index in [0.29, 0.717) is 0 Å². The van der Waals surface area contributed by atoms with Crippen LogP contribution in [0.15, 0.2) is 0 Å². The van der Waals surface area contributed by atoms with Crippen molar-refractivity contribution in [2.24, 2.45) is 0 Å². The normalized spacial score (nSPS) is 32.8. The number of hydrogen-bond donors (Lipinski definition) is 1. The lowest BCUT2D eigenvalue weighted by atomic mass is 10.1. The first kappa shape index (κ1) is 9.86. The van der Waals surface area contributed by atoms with Gasteiger partial charge in [-0.25, -0.2) is 8.78 Å². The van der Waals surface area contributed by atoms with Gasteiger partial charge in [0.15, 0.2) is 0 Å². The van der Waals surface area contributed by atoms with Crippen LogP contribution < -0.4 is 5.32 Å². The molecule has 1 fully saturated rings. The Bertz CT molecular complexity index is 143. The van der Waals surface area contributed by atoms with Gasteiger partial charge in [-0.15, -0.1) is 0 Å². The number of alkyl halides is 2. The van der Waals surface area contributed by atoms with Crippen LogP contribution in [0.4, 0.5) is 8.78 Å². The van der Waals surface area contributed by atoms with Gasteiger partial charge < -0.3 is 10.1 Å².